The molecule has 0 aliphatic carbocycles. The molecule has 0 spiro atoms. The highest BCUT2D eigenvalue weighted by molar-refractivity contribution is 5.92. The fraction of sp³-hybridized carbons (Fsp3) is 0.269. The molecule has 1 saturated heterocycles. The summed E-state index contributed by atoms with van der Waals surface area (Å²) in [4.78, 5) is 34.2. The third-order valence-electron chi connectivity index (χ3n) is 5.89. The monoisotopic (exact) mass is 485 g/mol. The van der Waals surface area contributed by atoms with Crippen molar-refractivity contribution in [3.05, 3.63) is 65.4 Å². The van der Waals surface area contributed by atoms with Gasteiger partial charge in [0.2, 0.25) is 5.91 Å². The Morgan fingerprint density at radius 1 is 1.11 bits per heavy atom. The van der Waals surface area contributed by atoms with Crippen LogP contribution in [0.3, 0.4) is 0 Å². The van der Waals surface area contributed by atoms with Crippen molar-refractivity contribution in [3.63, 3.8) is 0 Å². The van der Waals surface area contributed by atoms with Gasteiger partial charge in [0.15, 0.2) is 5.82 Å². The van der Waals surface area contributed by atoms with E-state index in [9.17, 15) is 14.9 Å². The van der Waals surface area contributed by atoms with E-state index in [0.29, 0.717) is 22.6 Å². The van der Waals surface area contributed by atoms with Gasteiger partial charge in [0.1, 0.15) is 29.1 Å². The maximum atomic E-state index is 11.8. The summed E-state index contributed by atoms with van der Waals surface area (Å²) >= 11 is 0. The Balaban J connectivity index is 1.57. The lowest BCUT2D eigenvalue weighted by Crippen LogP contribution is -2.33. The molecule has 3 aromatic rings. The van der Waals surface area contributed by atoms with E-state index in [4.69, 9.17) is 16.2 Å². The molecule has 184 valence electrons. The molecule has 2 aromatic carbocycles. The third-order valence-corrected chi connectivity index (χ3v) is 5.89. The summed E-state index contributed by atoms with van der Waals surface area (Å²) < 4.78 is 6.16. The Morgan fingerprint density at radius 3 is 2.47 bits per heavy atom. The van der Waals surface area contributed by atoms with Crippen molar-refractivity contribution < 1.29 is 14.3 Å². The van der Waals surface area contributed by atoms with Gasteiger partial charge in [0.05, 0.1) is 11.6 Å². The summed E-state index contributed by atoms with van der Waals surface area (Å²) in [5, 5.41) is 12.2. The number of nitrogens with two attached hydrogens (primary N) is 2. The Bertz CT molecular complexity index is 1310. The number of nitrogens with zero attached hydrogens (tertiary/aromatic N) is 4. The summed E-state index contributed by atoms with van der Waals surface area (Å²) in [5.41, 5.74) is 12.9. The number of primary amides is 2. The average Bonchev–Trinajstić information content (AvgIpc) is 3.38. The Labute approximate surface area is 208 Å². The van der Waals surface area contributed by atoms with E-state index in [2.05, 4.69) is 26.3 Å². The van der Waals surface area contributed by atoms with Crippen LogP contribution in [0.1, 0.15) is 41.4 Å². The van der Waals surface area contributed by atoms with Gasteiger partial charge >= 0.3 is 0 Å². The molecule has 1 atom stereocenters. The third kappa shape index (κ3) is 5.95. The van der Waals surface area contributed by atoms with Crippen LogP contribution in [0.15, 0.2) is 48.5 Å². The van der Waals surface area contributed by atoms with Crippen molar-refractivity contribution in [2.24, 2.45) is 11.5 Å². The summed E-state index contributed by atoms with van der Waals surface area (Å²) in [6, 6.07) is 15.4. The summed E-state index contributed by atoms with van der Waals surface area (Å²) in [7, 11) is 0. The molecule has 0 unspecified atom stereocenters. The fourth-order valence-electron chi connectivity index (χ4n) is 3.92. The van der Waals surface area contributed by atoms with Crippen LogP contribution < -0.4 is 21.5 Å². The van der Waals surface area contributed by atoms with E-state index in [1.807, 2.05) is 12.1 Å². The summed E-state index contributed by atoms with van der Waals surface area (Å²) in [6.07, 6.45) is 2.35. The van der Waals surface area contributed by atoms with Gasteiger partial charge in [0, 0.05) is 23.7 Å². The Hall–Kier alpha value is -4.49. The molecule has 0 radical (unpaired) electrons. The van der Waals surface area contributed by atoms with Crippen LogP contribution >= 0.6 is 0 Å². The SMILES string of the molecule is C[C@H](Nc1cc(C(N)=O)nc(-c2ccc(Oc3ccc(C#N)cc3CN3CCCC3)cc2)n1)C(N)=O. The van der Waals surface area contributed by atoms with Crippen LogP contribution in [0, 0.1) is 11.3 Å². The molecule has 0 saturated carbocycles. The number of hydrogen-bond acceptors (Lipinski definition) is 8. The molecular formula is C26H27N7O3. The zero-order valence-corrected chi connectivity index (χ0v) is 19.9. The van der Waals surface area contributed by atoms with Crippen molar-refractivity contribution in [2.45, 2.75) is 32.4 Å². The van der Waals surface area contributed by atoms with E-state index in [-0.39, 0.29) is 17.3 Å². The molecule has 36 heavy (non-hydrogen) atoms. The first-order valence-electron chi connectivity index (χ1n) is 11.6. The van der Waals surface area contributed by atoms with Crippen LogP contribution in [0.4, 0.5) is 5.82 Å². The van der Waals surface area contributed by atoms with Gasteiger partial charge in [-0.05, 0) is 75.3 Å². The van der Waals surface area contributed by atoms with Crippen LogP contribution in [-0.2, 0) is 11.3 Å². The second kappa shape index (κ2) is 10.8. The van der Waals surface area contributed by atoms with E-state index in [1.165, 1.54) is 18.9 Å². The molecule has 4 rings (SSSR count). The van der Waals surface area contributed by atoms with E-state index in [0.717, 1.165) is 25.2 Å². The van der Waals surface area contributed by atoms with Crippen LogP contribution in [-0.4, -0.2) is 45.8 Å². The van der Waals surface area contributed by atoms with Gasteiger partial charge in [-0.1, -0.05) is 0 Å². The van der Waals surface area contributed by atoms with E-state index < -0.39 is 17.9 Å². The first kappa shape index (κ1) is 24.6. The predicted octanol–water partition coefficient (Wildman–Crippen LogP) is 2.79. The first-order valence-corrected chi connectivity index (χ1v) is 11.6. The highest BCUT2D eigenvalue weighted by Gasteiger charge is 2.17. The summed E-state index contributed by atoms with van der Waals surface area (Å²) in [6.45, 7) is 4.37. The zero-order valence-electron chi connectivity index (χ0n) is 19.9. The molecule has 1 aliphatic heterocycles. The molecule has 1 aromatic heterocycles. The smallest absolute Gasteiger partial charge is 0.267 e. The number of anilines is 1. The number of nitrogens with one attached hydrogen (secondary N) is 1. The van der Waals surface area contributed by atoms with Gasteiger partial charge in [0.25, 0.3) is 5.91 Å². The van der Waals surface area contributed by atoms with Crippen molar-refractivity contribution in [3.8, 4) is 29.0 Å². The lowest BCUT2D eigenvalue weighted by atomic mass is 10.1. The number of amides is 2. The molecule has 10 heteroatoms. The van der Waals surface area contributed by atoms with Gasteiger partial charge in [-0.2, -0.15) is 5.26 Å². The van der Waals surface area contributed by atoms with Gasteiger partial charge in [-0.25, -0.2) is 9.97 Å². The number of nitriles is 1. The van der Waals surface area contributed by atoms with E-state index in [1.54, 1.807) is 37.3 Å². The largest absolute Gasteiger partial charge is 0.457 e. The van der Waals surface area contributed by atoms with Crippen molar-refractivity contribution in [1.29, 1.82) is 5.26 Å². The second-order valence-electron chi connectivity index (χ2n) is 8.64. The molecule has 2 amide bonds. The molecule has 10 nitrogen and oxygen atoms in total. The Kier molecular flexibility index (Phi) is 7.42. The fourth-order valence-corrected chi connectivity index (χ4v) is 3.92. The van der Waals surface area contributed by atoms with Gasteiger partial charge < -0.3 is 21.5 Å². The van der Waals surface area contributed by atoms with Crippen molar-refractivity contribution in [1.82, 2.24) is 14.9 Å². The molecule has 0 bridgehead atoms. The minimum atomic E-state index is -0.722. The Morgan fingerprint density at radius 2 is 1.83 bits per heavy atom. The van der Waals surface area contributed by atoms with Crippen LogP contribution in [0.5, 0.6) is 11.5 Å². The topological polar surface area (TPSA) is 160 Å². The maximum absolute atomic E-state index is 11.8. The number of rotatable bonds is 9. The number of ether oxygens (including phenoxy) is 1. The standard InChI is InChI=1S/C26H27N7O3/c1-16(24(28)34)30-23-13-21(25(29)35)31-26(32-23)18-5-7-20(8-6-18)36-22-9-4-17(14-27)12-19(22)15-33-10-2-3-11-33/h4-9,12-13,16H,2-3,10-11,15H2,1H3,(H2,28,34)(H2,29,35)(H,30,31,32)/t16-/m0/s1. The lowest BCUT2D eigenvalue weighted by molar-refractivity contribution is -0.118. The molecule has 5 N–H and O–H groups in total. The number of aromatic nitrogens is 2. The molecule has 2 heterocycles. The highest BCUT2D eigenvalue weighted by Crippen LogP contribution is 2.30. The first-order chi connectivity index (χ1) is 17.3. The number of carbonyl (C=O) groups is 2. The van der Waals surface area contributed by atoms with Crippen LogP contribution in [0.25, 0.3) is 11.4 Å². The second-order valence-corrected chi connectivity index (χ2v) is 8.64. The molecular weight excluding hydrogens is 458 g/mol. The average molecular weight is 486 g/mol. The molecule has 1 aliphatic rings. The normalized spacial score (nSPS) is 14.1. The lowest BCUT2D eigenvalue weighted by Gasteiger charge is -2.18. The van der Waals surface area contributed by atoms with Crippen molar-refractivity contribution in [2.75, 3.05) is 18.4 Å². The highest BCUT2D eigenvalue weighted by atomic mass is 16.5. The summed E-state index contributed by atoms with van der Waals surface area (Å²) in [5.74, 6) is 0.504. The minimum Gasteiger partial charge on any atom is -0.457 e. The van der Waals surface area contributed by atoms with Gasteiger partial charge in [-0.15, -0.1) is 0 Å². The van der Waals surface area contributed by atoms with E-state index >= 15 is 0 Å². The minimum absolute atomic E-state index is 0.00336. The quantitative estimate of drug-likeness (QED) is 0.417. The van der Waals surface area contributed by atoms with Gasteiger partial charge in [-0.3, -0.25) is 14.5 Å². The predicted molar refractivity (Wildman–Crippen MR) is 134 cm³/mol. The number of likely N-dealkylation sites (tertiary alicyclic amines) is 1. The van der Waals surface area contributed by atoms with Crippen LogP contribution in [0.2, 0.25) is 0 Å². The van der Waals surface area contributed by atoms with Crippen molar-refractivity contribution >= 4 is 17.6 Å². The molecule has 1 fully saturated rings. The number of benzene rings is 2. The number of hydrogen-bond donors (Lipinski definition) is 3. The maximum Gasteiger partial charge on any atom is 0.267 e. The number of carbonyl (C=O) groups excluding carboxylic acids is 2. The zero-order chi connectivity index (χ0) is 25.7.